The lowest BCUT2D eigenvalue weighted by Crippen LogP contribution is -2.24. The summed E-state index contributed by atoms with van der Waals surface area (Å²) in [5, 5.41) is 6.19. The maximum absolute atomic E-state index is 12.1. The normalized spacial score (nSPS) is 20.8. The molecule has 1 aromatic rings. The monoisotopic (exact) mass is 317 g/mol. The minimum absolute atomic E-state index is 0.0192. The minimum atomic E-state index is 0.0192. The fraction of sp³-hybridized carbons (Fsp3) is 0.529. The quantitative estimate of drug-likeness (QED) is 0.868. The average Bonchev–Trinajstić information content (AvgIpc) is 3.19. The molecule has 0 saturated carbocycles. The van der Waals surface area contributed by atoms with E-state index in [1.807, 2.05) is 12.1 Å². The molecule has 1 aromatic carbocycles. The Bertz CT molecular complexity index is 597. The zero-order valence-electron chi connectivity index (χ0n) is 13.4. The predicted octanol–water partition coefficient (Wildman–Crippen LogP) is 1.76. The standard InChI is InChI=1S/C17H23N3O3/c1-23-15-10-13(19-16(21)9-12-6-7-18-11-12)4-5-14(15)20-8-2-3-17(20)22/h4-5,10,12,18H,2-3,6-9,11H2,1H3,(H,19,21). The zero-order valence-corrected chi connectivity index (χ0v) is 13.4. The summed E-state index contributed by atoms with van der Waals surface area (Å²) in [6, 6.07) is 5.45. The van der Waals surface area contributed by atoms with Gasteiger partial charge in [-0.1, -0.05) is 0 Å². The van der Waals surface area contributed by atoms with Crippen LogP contribution in [0.15, 0.2) is 18.2 Å². The van der Waals surface area contributed by atoms with E-state index >= 15 is 0 Å². The van der Waals surface area contributed by atoms with Crippen molar-refractivity contribution in [3.63, 3.8) is 0 Å². The third-order valence-corrected chi connectivity index (χ3v) is 4.46. The Morgan fingerprint density at radius 1 is 1.48 bits per heavy atom. The molecule has 2 aliphatic rings. The zero-order chi connectivity index (χ0) is 16.2. The van der Waals surface area contributed by atoms with Gasteiger partial charge in [0, 0.05) is 31.1 Å². The van der Waals surface area contributed by atoms with E-state index in [9.17, 15) is 9.59 Å². The Morgan fingerprint density at radius 3 is 3.00 bits per heavy atom. The van der Waals surface area contributed by atoms with Gasteiger partial charge in [0.2, 0.25) is 11.8 Å². The first-order chi connectivity index (χ1) is 11.2. The van der Waals surface area contributed by atoms with Crippen LogP contribution in [0.3, 0.4) is 0 Å². The number of anilines is 2. The maximum Gasteiger partial charge on any atom is 0.227 e. The summed E-state index contributed by atoms with van der Waals surface area (Å²) in [5.41, 5.74) is 1.47. The smallest absolute Gasteiger partial charge is 0.227 e. The minimum Gasteiger partial charge on any atom is -0.494 e. The molecule has 6 nitrogen and oxygen atoms in total. The van der Waals surface area contributed by atoms with Crippen LogP contribution in [-0.4, -0.2) is 38.6 Å². The van der Waals surface area contributed by atoms with Crippen LogP contribution in [0.1, 0.15) is 25.7 Å². The highest BCUT2D eigenvalue weighted by molar-refractivity contribution is 5.98. The van der Waals surface area contributed by atoms with Crippen molar-refractivity contribution in [3.8, 4) is 5.75 Å². The van der Waals surface area contributed by atoms with Crippen LogP contribution >= 0.6 is 0 Å². The van der Waals surface area contributed by atoms with E-state index in [2.05, 4.69) is 10.6 Å². The van der Waals surface area contributed by atoms with Crippen LogP contribution in [0.2, 0.25) is 0 Å². The SMILES string of the molecule is COc1cc(NC(=O)CC2CCNC2)ccc1N1CCCC1=O. The number of rotatable bonds is 5. The van der Waals surface area contributed by atoms with Gasteiger partial charge in [-0.3, -0.25) is 9.59 Å². The van der Waals surface area contributed by atoms with Crippen molar-refractivity contribution in [2.24, 2.45) is 5.92 Å². The summed E-state index contributed by atoms with van der Waals surface area (Å²) in [6.45, 7) is 2.62. The summed E-state index contributed by atoms with van der Waals surface area (Å²) in [6.07, 6.45) is 3.03. The lowest BCUT2D eigenvalue weighted by Gasteiger charge is -2.20. The van der Waals surface area contributed by atoms with Crippen LogP contribution in [0.25, 0.3) is 0 Å². The Labute approximate surface area is 136 Å². The van der Waals surface area contributed by atoms with Crippen LogP contribution in [0, 0.1) is 5.92 Å². The molecule has 0 spiro atoms. The molecule has 6 heteroatoms. The molecule has 2 amide bonds. The van der Waals surface area contributed by atoms with Gasteiger partial charge < -0.3 is 20.3 Å². The van der Waals surface area contributed by atoms with E-state index in [0.29, 0.717) is 30.2 Å². The lowest BCUT2D eigenvalue weighted by molar-refractivity contribution is -0.117. The summed E-state index contributed by atoms with van der Waals surface area (Å²) in [5.74, 6) is 1.17. The fourth-order valence-corrected chi connectivity index (χ4v) is 3.24. The highest BCUT2D eigenvalue weighted by Gasteiger charge is 2.25. The van der Waals surface area contributed by atoms with E-state index in [0.717, 1.165) is 38.2 Å². The second kappa shape index (κ2) is 7.00. The first kappa shape index (κ1) is 15.8. The van der Waals surface area contributed by atoms with Crippen molar-refractivity contribution in [1.82, 2.24) is 5.32 Å². The Kier molecular flexibility index (Phi) is 4.81. The molecular weight excluding hydrogens is 294 g/mol. The van der Waals surface area contributed by atoms with Crippen molar-refractivity contribution in [1.29, 1.82) is 0 Å². The van der Waals surface area contributed by atoms with Gasteiger partial charge in [-0.25, -0.2) is 0 Å². The molecule has 1 unspecified atom stereocenters. The van der Waals surface area contributed by atoms with E-state index < -0.39 is 0 Å². The molecule has 0 aromatic heterocycles. The Hall–Kier alpha value is -2.08. The molecular formula is C17H23N3O3. The van der Waals surface area contributed by atoms with Crippen LogP contribution < -0.4 is 20.3 Å². The first-order valence-electron chi connectivity index (χ1n) is 8.16. The third-order valence-electron chi connectivity index (χ3n) is 4.46. The number of hydrogen-bond acceptors (Lipinski definition) is 4. The molecule has 2 saturated heterocycles. The number of nitrogens with one attached hydrogen (secondary N) is 2. The van der Waals surface area contributed by atoms with Crippen LogP contribution in [-0.2, 0) is 9.59 Å². The summed E-state index contributed by atoms with van der Waals surface area (Å²) in [4.78, 5) is 25.8. The third kappa shape index (κ3) is 3.64. The fourth-order valence-electron chi connectivity index (χ4n) is 3.24. The van der Waals surface area contributed by atoms with E-state index in [1.165, 1.54) is 0 Å². The molecule has 2 heterocycles. The number of hydrogen-bond donors (Lipinski definition) is 2. The predicted molar refractivity (Wildman–Crippen MR) is 88.8 cm³/mol. The first-order valence-corrected chi connectivity index (χ1v) is 8.16. The van der Waals surface area contributed by atoms with E-state index in [4.69, 9.17) is 4.74 Å². The van der Waals surface area contributed by atoms with Crippen LogP contribution in [0.5, 0.6) is 5.75 Å². The number of amides is 2. The van der Waals surface area contributed by atoms with Crippen molar-refractivity contribution in [3.05, 3.63) is 18.2 Å². The molecule has 0 bridgehead atoms. The van der Waals surface area contributed by atoms with Crippen LogP contribution in [0.4, 0.5) is 11.4 Å². The summed E-state index contributed by atoms with van der Waals surface area (Å²) in [7, 11) is 1.58. The molecule has 0 radical (unpaired) electrons. The van der Waals surface area contributed by atoms with Gasteiger partial charge in [-0.15, -0.1) is 0 Å². The highest BCUT2D eigenvalue weighted by Crippen LogP contribution is 2.33. The molecule has 2 N–H and O–H groups in total. The molecule has 23 heavy (non-hydrogen) atoms. The number of carbonyl (C=O) groups excluding carboxylic acids is 2. The van der Waals surface area contributed by atoms with Crippen molar-refractivity contribution in [2.45, 2.75) is 25.7 Å². The van der Waals surface area contributed by atoms with Gasteiger partial charge >= 0.3 is 0 Å². The second-order valence-electron chi connectivity index (χ2n) is 6.15. The van der Waals surface area contributed by atoms with Gasteiger partial charge in [-0.2, -0.15) is 0 Å². The topological polar surface area (TPSA) is 70.7 Å². The van der Waals surface area contributed by atoms with Crippen molar-refractivity contribution in [2.75, 3.05) is 37.0 Å². The molecule has 0 aliphatic carbocycles. The summed E-state index contributed by atoms with van der Waals surface area (Å²) >= 11 is 0. The van der Waals surface area contributed by atoms with Gasteiger partial charge in [0.1, 0.15) is 5.75 Å². The Morgan fingerprint density at radius 2 is 2.35 bits per heavy atom. The van der Waals surface area contributed by atoms with E-state index in [-0.39, 0.29) is 11.8 Å². The highest BCUT2D eigenvalue weighted by atomic mass is 16.5. The number of carbonyl (C=O) groups is 2. The maximum atomic E-state index is 12.1. The van der Waals surface area contributed by atoms with Crippen molar-refractivity contribution < 1.29 is 14.3 Å². The number of nitrogens with zero attached hydrogens (tertiary/aromatic N) is 1. The number of benzene rings is 1. The van der Waals surface area contributed by atoms with Gasteiger partial charge in [0.25, 0.3) is 0 Å². The van der Waals surface area contributed by atoms with Crippen molar-refractivity contribution >= 4 is 23.2 Å². The van der Waals surface area contributed by atoms with Gasteiger partial charge in [0.15, 0.2) is 0 Å². The Balaban J connectivity index is 1.68. The van der Waals surface area contributed by atoms with E-state index in [1.54, 1.807) is 18.1 Å². The second-order valence-corrected chi connectivity index (χ2v) is 6.15. The molecule has 2 aliphatic heterocycles. The van der Waals surface area contributed by atoms with Gasteiger partial charge in [-0.05, 0) is 44.0 Å². The largest absolute Gasteiger partial charge is 0.494 e. The number of ether oxygens (including phenoxy) is 1. The molecule has 2 fully saturated rings. The molecule has 1 atom stereocenters. The van der Waals surface area contributed by atoms with Gasteiger partial charge in [0.05, 0.1) is 12.8 Å². The molecule has 124 valence electrons. The molecule has 3 rings (SSSR count). The number of methoxy groups -OCH3 is 1. The summed E-state index contributed by atoms with van der Waals surface area (Å²) < 4.78 is 5.41. The average molecular weight is 317 g/mol. The lowest BCUT2D eigenvalue weighted by atomic mass is 10.0.